The Kier molecular flexibility index (Phi) is 19.6. The molecule has 0 N–H and O–H groups in total. The van der Waals surface area contributed by atoms with Gasteiger partial charge in [0.2, 0.25) is 0 Å². The standard InChI is InChI=1S/C12H22O4.2C5H8O2/c1-6-12(4,11(14)15-5)8-9(3)10(13)16-7-2;1-4(2)5(6)7-3;1-3-5(6)7-4-2/h9H,6-8H2,1-5H3;1H2,2-3H3;3H,1,4H2,2H3. The molecule has 2 atom stereocenters. The maximum atomic E-state index is 11.6. The summed E-state index contributed by atoms with van der Waals surface area (Å²) in [5.74, 6) is -1.52. The lowest BCUT2D eigenvalue weighted by Crippen LogP contribution is -2.32. The molecule has 0 heterocycles. The van der Waals surface area contributed by atoms with Gasteiger partial charge in [-0.1, -0.05) is 27.0 Å². The minimum absolute atomic E-state index is 0.258. The SMILES string of the molecule is C=C(C)C(=O)OC.C=CC(=O)OCC.CCOC(=O)C(C)CC(C)(CC)C(=O)OC. The number of methoxy groups -OCH3 is 2. The fourth-order valence-corrected chi connectivity index (χ4v) is 2.04. The fourth-order valence-electron chi connectivity index (χ4n) is 2.04. The maximum Gasteiger partial charge on any atom is 0.332 e. The Balaban J connectivity index is -0.000000430. The third kappa shape index (κ3) is 15.3. The Morgan fingerprint density at radius 3 is 1.73 bits per heavy atom. The monoisotopic (exact) mass is 430 g/mol. The van der Waals surface area contributed by atoms with Gasteiger partial charge < -0.3 is 18.9 Å². The van der Waals surface area contributed by atoms with E-state index in [2.05, 4.69) is 22.6 Å². The Bertz CT molecular complexity index is 565. The highest BCUT2D eigenvalue weighted by Crippen LogP contribution is 2.31. The van der Waals surface area contributed by atoms with Gasteiger partial charge in [0.15, 0.2) is 0 Å². The fraction of sp³-hybridized carbons (Fsp3) is 0.636. The molecule has 0 bridgehead atoms. The average molecular weight is 431 g/mol. The average Bonchev–Trinajstić information content (AvgIpc) is 2.73. The largest absolute Gasteiger partial charge is 0.469 e. The van der Waals surface area contributed by atoms with Crippen molar-refractivity contribution in [1.82, 2.24) is 0 Å². The lowest BCUT2D eigenvalue weighted by Gasteiger charge is -2.27. The van der Waals surface area contributed by atoms with Gasteiger partial charge in [0, 0.05) is 11.6 Å². The van der Waals surface area contributed by atoms with E-state index < -0.39 is 5.41 Å². The summed E-state index contributed by atoms with van der Waals surface area (Å²) in [5, 5.41) is 0. The Labute approximate surface area is 180 Å². The summed E-state index contributed by atoms with van der Waals surface area (Å²) in [4.78, 5) is 43.3. The van der Waals surface area contributed by atoms with E-state index >= 15 is 0 Å². The van der Waals surface area contributed by atoms with Crippen molar-refractivity contribution in [2.24, 2.45) is 11.3 Å². The van der Waals surface area contributed by atoms with Crippen LogP contribution >= 0.6 is 0 Å². The minimum Gasteiger partial charge on any atom is -0.469 e. The van der Waals surface area contributed by atoms with Crippen molar-refractivity contribution < 1.29 is 38.1 Å². The van der Waals surface area contributed by atoms with E-state index in [1.165, 1.54) is 14.2 Å². The highest BCUT2D eigenvalue weighted by Gasteiger charge is 2.36. The number of hydrogen-bond donors (Lipinski definition) is 0. The van der Waals surface area contributed by atoms with Gasteiger partial charge >= 0.3 is 23.9 Å². The van der Waals surface area contributed by atoms with Gasteiger partial charge in [-0.3, -0.25) is 9.59 Å². The van der Waals surface area contributed by atoms with Crippen molar-refractivity contribution in [3.63, 3.8) is 0 Å². The van der Waals surface area contributed by atoms with Crippen molar-refractivity contribution >= 4 is 23.9 Å². The molecule has 8 heteroatoms. The summed E-state index contributed by atoms with van der Waals surface area (Å²) in [6, 6.07) is 0. The van der Waals surface area contributed by atoms with Crippen LogP contribution in [-0.4, -0.2) is 51.3 Å². The molecule has 0 aliphatic carbocycles. The summed E-state index contributed by atoms with van der Waals surface area (Å²) in [6.45, 7) is 18.0. The molecule has 2 unspecified atom stereocenters. The van der Waals surface area contributed by atoms with Crippen molar-refractivity contribution in [3.8, 4) is 0 Å². The van der Waals surface area contributed by atoms with Gasteiger partial charge in [0.25, 0.3) is 0 Å². The Hall–Kier alpha value is -2.64. The number of hydrogen-bond acceptors (Lipinski definition) is 8. The van der Waals surface area contributed by atoms with Crippen molar-refractivity contribution in [1.29, 1.82) is 0 Å². The second-order valence-corrected chi connectivity index (χ2v) is 6.49. The van der Waals surface area contributed by atoms with Crippen LogP contribution in [-0.2, 0) is 38.1 Å². The third-order valence-electron chi connectivity index (χ3n) is 3.89. The summed E-state index contributed by atoms with van der Waals surface area (Å²) >= 11 is 0. The zero-order valence-electron chi connectivity index (χ0n) is 19.7. The molecule has 0 aromatic carbocycles. The maximum absolute atomic E-state index is 11.6. The van der Waals surface area contributed by atoms with E-state index in [-0.39, 0.29) is 29.8 Å². The zero-order valence-corrected chi connectivity index (χ0v) is 19.7. The van der Waals surface area contributed by atoms with E-state index in [4.69, 9.17) is 9.47 Å². The minimum atomic E-state index is -0.610. The zero-order chi connectivity index (χ0) is 24.3. The van der Waals surface area contributed by atoms with Crippen LogP contribution < -0.4 is 0 Å². The first kappa shape index (κ1) is 32.0. The molecule has 0 radical (unpaired) electrons. The Morgan fingerprint density at radius 1 is 1.00 bits per heavy atom. The number of rotatable bonds is 9. The predicted molar refractivity (Wildman–Crippen MR) is 114 cm³/mol. The van der Waals surface area contributed by atoms with E-state index in [0.717, 1.165) is 6.08 Å². The third-order valence-corrected chi connectivity index (χ3v) is 3.89. The molecule has 8 nitrogen and oxygen atoms in total. The molecule has 0 aliphatic rings. The molecular formula is C22H38O8. The van der Waals surface area contributed by atoms with Crippen molar-refractivity contribution in [3.05, 3.63) is 24.8 Å². The summed E-state index contributed by atoms with van der Waals surface area (Å²) in [7, 11) is 2.70. The molecule has 30 heavy (non-hydrogen) atoms. The number of carbonyl (C=O) groups is 4. The topological polar surface area (TPSA) is 105 Å². The molecule has 0 aliphatic heterocycles. The molecule has 0 spiro atoms. The lowest BCUT2D eigenvalue weighted by atomic mass is 9.79. The first-order valence-corrected chi connectivity index (χ1v) is 9.68. The van der Waals surface area contributed by atoms with Crippen LogP contribution in [0.2, 0.25) is 0 Å². The van der Waals surface area contributed by atoms with Crippen LogP contribution in [0.1, 0.15) is 54.4 Å². The normalized spacial score (nSPS) is 12.1. The highest BCUT2D eigenvalue weighted by molar-refractivity contribution is 5.86. The van der Waals surface area contributed by atoms with Gasteiger partial charge in [0.1, 0.15) is 0 Å². The van der Waals surface area contributed by atoms with Crippen LogP contribution in [0.5, 0.6) is 0 Å². The number of esters is 4. The molecule has 0 aromatic heterocycles. The number of ether oxygens (including phenoxy) is 4. The predicted octanol–water partition coefficient (Wildman–Crippen LogP) is 3.64. The number of carbonyl (C=O) groups excluding carboxylic acids is 4. The van der Waals surface area contributed by atoms with Crippen molar-refractivity contribution in [2.45, 2.75) is 54.4 Å². The van der Waals surface area contributed by atoms with Gasteiger partial charge in [-0.15, -0.1) is 0 Å². The van der Waals surface area contributed by atoms with Gasteiger partial charge in [-0.25, -0.2) is 9.59 Å². The molecule has 0 saturated carbocycles. The quantitative estimate of drug-likeness (QED) is 0.310. The highest BCUT2D eigenvalue weighted by atomic mass is 16.5. The van der Waals surface area contributed by atoms with E-state index in [1.807, 2.05) is 13.8 Å². The molecule has 174 valence electrons. The summed E-state index contributed by atoms with van der Waals surface area (Å²) < 4.78 is 18.4. The molecule has 0 amide bonds. The summed E-state index contributed by atoms with van der Waals surface area (Å²) in [6.07, 6.45) is 2.24. The molecule has 0 fully saturated rings. The molecule has 0 aromatic rings. The lowest BCUT2D eigenvalue weighted by molar-refractivity contribution is -0.156. The van der Waals surface area contributed by atoms with Crippen LogP contribution in [0.3, 0.4) is 0 Å². The van der Waals surface area contributed by atoms with Gasteiger partial charge in [-0.05, 0) is 40.5 Å². The van der Waals surface area contributed by atoms with Crippen LogP contribution in [0.25, 0.3) is 0 Å². The van der Waals surface area contributed by atoms with Crippen LogP contribution in [0.15, 0.2) is 24.8 Å². The van der Waals surface area contributed by atoms with E-state index in [0.29, 0.717) is 31.6 Å². The van der Waals surface area contributed by atoms with E-state index in [9.17, 15) is 19.2 Å². The smallest absolute Gasteiger partial charge is 0.332 e. The first-order valence-electron chi connectivity index (χ1n) is 9.68. The van der Waals surface area contributed by atoms with Gasteiger partial charge in [-0.2, -0.15) is 0 Å². The van der Waals surface area contributed by atoms with Crippen molar-refractivity contribution in [2.75, 3.05) is 27.4 Å². The van der Waals surface area contributed by atoms with Gasteiger partial charge in [0.05, 0.1) is 38.8 Å². The summed E-state index contributed by atoms with van der Waals surface area (Å²) in [5.41, 5.74) is -0.177. The molecule has 0 saturated heterocycles. The van der Waals surface area contributed by atoms with Crippen LogP contribution in [0, 0.1) is 11.3 Å². The molecular weight excluding hydrogens is 392 g/mol. The second kappa shape index (κ2) is 18.4. The Morgan fingerprint density at radius 2 is 1.50 bits per heavy atom. The second-order valence-electron chi connectivity index (χ2n) is 6.49. The first-order chi connectivity index (χ1) is 13.9. The van der Waals surface area contributed by atoms with E-state index in [1.54, 1.807) is 27.7 Å². The van der Waals surface area contributed by atoms with Crippen LogP contribution in [0.4, 0.5) is 0 Å². The molecule has 0 rings (SSSR count).